The summed E-state index contributed by atoms with van der Waals surface area (Å²) in [5, 5.41) is 4.14. The zero-order valence-corrected chi connectivity index (χ0v) is 11.7. The Balaban J connectivity index is 2.32. The molecule has 0 saturated heterocycles. The Kier molecular flexibility index (Phi) is 3.93. The van der Waals surface area contributed by atoms with Gasteiger partial charge in [0.2, 0.25) is 5.78 Å². The number of methoxy groups -OCH3 is 1. The zero-order valence-electron chi connectivity index (χ0n) is 10.1. The van der Waals surface area contributed by atoms with Gasteiger partial charge in [-0.15, -0.1) is 0 Å². The van der Waals surface area contributed by atoms with Gasteiger partial charge in [-0.3, -0.25) is 9.48 Å². The van der Waals surface area contributed by atoms with Gasteiger partial charge in [-0.05, 0) is 15.9 Å². The molecule has 7 heteroatoms. The molecular weight excluding hydrogens is 300 g/mol. The van der Waals surface area contributed by atoms with E-state index in [1.807, 2.05) is 7.05 Å². The molecular formula is C11H13BrN4O2. The van der Waals surface area contributed by atoms with E-state index in [1.54, 1.807) is 35.1 Å². The first kappa shape index (κ1) is 13.0. The molecule has 6 nitrogen and oxygen atoms in total. The minimum atomic E-state index is -0.156. The SMILES string of the molecule is COCCn1ncc(Br)c1C(=O)c1cn(C)cn1. The summed E-state index contributed by atoms with van der Waals surface area (Å²) < 4.78 is 9.00. The van der Waals surface area contributed by atoms with Crippen LogP contribution in [0.5, 0.6) is 0 Å². The highest BCUT2D eigenvalue weighted by Crippen LogP contribution is 2.19. The molecule has 0 bridgehead atoms. The van der Waals surface area contributed by atoms with Gasteiger partial charge in [0, 0.05) is 20.4 Å². The van der Waals surface area contributed by atoms with Crippen molar-refractivity contribution in [1.82, 2.24) is 19.3 Å². The van der Waals surface area contributed by atoms with E-state index in [-0.39, 0.29) is 5.78 Å². The van der Waals surface area contributed by atoms with E-state index in [4.69, 9.17) is 4.74 Å². The first-order valence-corrected chi connectivity index (χ1v) is 6.15. The first-order chi connectivity index (χ1) is 8.63. The summed E-state index contributed by atoms with van der Waals surface area (Å²) in [6.07, 6.45) is 4.88. The summed E-state index contributed by atoms with van der Waals surface area (Å²) in [7, 11) is 3.43. The smallest absolute Gasteiger partial charge is 0.232 e. The molecule has 0 amide bonds. The van der Waals surface area contributed by atoms with Crippen LogP contribution in [0.1, 0.15) is 16.2 Å². The number of carbonyl (C=O) groups is 1. The third-order valence-corrected chi connectivity index (χ3v) is 3.03. The number of ether oxygens (including phenoxy) is 1. The molecule has 2 aromatic rings. The van der Waals surface area contributed by atoms with Gasteiger partial charge in [-0.1, -0.05) is 0 Å². The topological polar surface area (TPSA) is 61.9 Å². The van der Waals surface area contributed by atoms with E-state index in [0.717, 1.165) is 0 Å². The molecule has 0 spiro atoms. The highest BCUT2D eigenvalue weighted by atomic mass is 79.9. The lowest BCUT2D eigenvalue weighted by molar-refractivity contribution is 0.102. The lowest BCUT2D eigenvalue weighted by Gasteiger charge is -2.05. The van der Waals surface area contributed by atoms with Crippen molar-refractivity contribution in [3.63, 3.8) is 0 Å². The maximum atomic E-state index is 12.3. The number of aryl methyl sites for hydroxylation is 1. The predicted octanol–water partition coefficient (Wildman–Crippen LogP) is 1.26. The summed E-state index contributed by atoms with van der Waals surface area (Å²) in [5.74, 6) is -0.156. The second-order valence-electron chi connectivity index (χ2n) is 3.81. The summed E-state index contributed by atoms with van der Waals surface area (Å²) in [6, 6.07) is 0. The molecule has 0 aromatic carbocycles. The predicted molar refractivity (Wildman–Crippen MR) is 68.4 cm³/mol. The second kappa shape index (κ2) is 5.45. The number of rotatable bonds is 5. The van der Waals surface area contributed by atoms with Crippen molar-refractivity contribution in [3.05, 3.63) is 34.6 Å². The highest BCUT2D eigenvalue weighted by molar-refractivity contribution is 9.10. The molecule has 2 rings (SSSR count). The van der Waals surface area contributed by atoms with Crippen LogP contribution >= 0.6 is 15.9 Å². The van der Waals surface area contributed by atoms with Crippen molar-refractivity contribution in [2.45, 2.75) is 6.54 Å². The molecule has 0 unspecified atom stereocenters. The van der Waals surface area contributed by atoms with Crippen LogP contribution in [-0.4, -0.2) is 38.8 Å². The standard InChI is InChI=1S/C11H13BrN4O2/c1-15-6-9(13-7-15)11(17)10-8(12)5-14-16(10)3-4-18-2/h5-7H,3-4H2,1-2H3. The molecule has 0 saturated carbocycles. The van der Waals surface area contributed by atoms with Crippen LogP contribution in [0.2, 0.25) is 0 Å². The number of nitrogens with zero attached hydrogens (tertiary/aromatic N) is 4. The average molecular weight is 313 g/mol. The molecule has 2 heterocycles. The fraction of sp³-hybridized carbons (Fsp3) is 0.364. The minimum Gasteiger partial charge on any atom is -0.383 e. The molecule has 0 fully saturated rings. The zero-order chi connectivity index (χ0) is 13.1. The Bertz CT molecular complexity index is 561. The number of hydrogen-bond donors (Lipinski definition) is 0. The van der Waals surface area contributed by atoms with Crippen LogP contribution in [-0.2, 0) is 18.3 Å². The van der Waals surface area contributed by atoms with E-state index in [0.29, 0.717) is 29.0 Å². The monoisotopic (exact) mass is 312 g/mol. The van der Waals surface area contributed by atoms with E-state index in [9.17, 15) is 4.79 Å². The van der Waals surface area contributed by atoms with E-state index in [2.05, 4.69) is 26.0 Å². The van der Waals surface area contributed by atoms with Crippen molar-refractivity contribution < 1.29 is 9.53 Å². The maximum absolute atomic E-state index is 12.3. The van der Waals surface area contributed by atoms with E-state index >= 15 is 0 Å². The highest BCUT2D eigenvalue weighted by Gasteiger charge is 2.20. The van der Waals surface area contributed by atoms with Gasteiger partial charge in [-0.2, -0.15) is 5.10 Å². The second-order valence-corrected chi connectivity index (χ2v) is 4.66. The number of aromatic nitrogens is 4. The normalized spacial score (nSPS) is 10.8. The number of carbonyl (C=O) groups excluding carboxylic acids is 1. The van der Waals surface area contributed by atoms with Crippen molar-refractivity contribution in [1.29, 1.82) is 0 Å². The molecule has 0 radical (unpaired) electrons. The first-order valence-electron chi connectivity index (χ1n) is 5.36. The van der Waals surface area contributed by atoms with Crippen LogP contribution in [0.4, 0.5) is 0 Å². The van der Waals surface area contributed by atoms with Crippen LogP contribution in [0, 0.1) is 0 Å². The van der Waals surface area contributed by atoms with Gasteiger partial charge in [-0.25, -0.2) is 4.98 Å². The molecule has 0 atom stereocenters. The molecule has 96 valence electrons. The molecule has 0 aliphatic rings. The fourth-order valence-corrected chi connectivity index (χ4v) is 2.06. The lowest BCUT2D eigenvalue weighted by atomic mass is 10.2. The number of imidazole rings is 1. The van der Waals surface area contributed by atoms with Crippen LogP contribution in [0.3, 0.4) is 0 Å². The van der Waals surface area contributed by atoms with Gasteiger partial charge < -0.3 is 9.30 Å². The Labute approximate surface area is 113 Å². The summed E-state index contributed by atoms with van der Waals surface area (Å²) >= 11 is 3.33. The van der Waals surface area contributed by atoms with Gasteiger partial charge in [0.05, 0.1) is 30.1 Å². The van der Waals surface area contributed by atoms with Crippen molar-refractivity contribution in [2.75, 3.05) is 13.7 Å². The van der Waals surface area contributed by atoms with Crippen molar-refractivity contribution in [3.8, 4) is 0 Å². The minimum absolute atomic E-state index is 0.156. The third-order valence-electron chi connectivity index (χ3n) is 2.45. The number of hydrogen-bond acceptors (Lipinski definition) is 4. The van der Waals surface area contributed by atoms with Crippen molar-refractivity contribution in [2.24, 2.45) is 7.05 Å². The molecule has 18 heavy (non-hydrogen) atoms. The van der Waals surface area contributed by atoms with Gasteiger partial charge >= 0.3 is 0 Å². The van der Waals surface area contributed by atoms with E-state index in [1.165, 1.54) is 0 Å². The summed E-state index contributed by atoms with van der Waals surface area (Å²) in [6.45, 7) is 1.02. The Morgan fingerprint density at radius 3 is 2.94 bits per heavy atom. The third kappa shape index (κ3) is 2.51. The number of ketones is 1. The molecule has 2 aromatic heterocycles. The fourth-order valence-electron chi connectivity index (χ4n) is 1.59. The summed E-state index contributed by atoms with van der Waals surface area (Å²) in [4.78, 5) is 16.4. The Morgan fingerprint density at radius 1 is 1.56 bits per heavy atom. The van der Waals surface area contributed by atoms with Crippen LogP contribution in [0.15, 0.2) is 23.2 Å². The molecule has 0 aliphatic heterocycles. The molecule has 0 N–H and O–H groups in total. The van der Waals surface area contributed by atoms with Crippen LogP contribution < -0.4 is 0 Å². The van der Waals surface area contributed by atoms with Crippen LogP contribution in [0.25, 0.3) is 0 Å². The lowest BCUT2D eigenvalue weighted by Crippen LogP contribution is -2.15. The largest absolute Gasteiger partial charge is 0.383 e. The molecule has 0 aliphatic carbocycles. The van der Waals surface area contributed by atoms with E-state index < -0.39 is 0 Å². The quantitative estimate of drug-likeness (QED) is 0.780. The Hall–Kier alpha value is -1.47. The van der Waals surface area contributed by atoms with Gasteiger partial charge in [0.25, 0.3) is 0 Å². The summed E-state index contributed by atoms with van der Waals surface area (Å²) in [5.41, 5.74) is 0.892. The Morgan fingerprint density at radius 2 is 2.33 bits per heavy atom. The average Bonchev–Trinajstić information content (AvgIpc) is 2.92. The number of halogens is 1. The van der Waals surface area contributed by atoms with Gasteiger partial charge in [0.1, 0.15) is 11.4 Å². The van der Waals surface area contributed by atoms with Gasteiger partial charge in [0.15, 0.2) is 0 Å². The van der Waals surface area contributed by atoms with Crippen molar-refractivity contribution >= 4 is 21.7 Å². The maximum Gasteiger partial charge on any atom is 0.232 e.